The third kappa shape index (κ3) is 2.37. The van der Waals surface area contributed by atoms with Crippen LogP contribution >= 0.6 is 0 Å². The summed E-state index contributed by atoms with van der Waals surface area (Å²) in [7, 11) is 0. The van der Waals surface area contributed by atoms with Gasteiger partial charge in [-0.05, 0) is 6.92 Å². The van der Waals surface area contributed by atoms with Gasteiger partial charge in [-0.2, -0.15) is 0 Å². The van der Waals surface area contributed by atoms with Gasteiger partial charge in [0.1, 0.15) is 6.61 Å². The number of ether oxygens (including phenoxy) is 1. The number of aliphatic hydroxyl groups excluding tert-OH is 1. The zero-order valence-electron chi connectivity index (χ0n) is 12.0. The fourth-order valence-corrected chi connectivity index (χ4v) is 2.68. The van der Waals surface area contributed by atoms with Gasteiger partial charge in [-0.1, -0.05) is 0 Å². The first-order valence-electron chi connectivity index (χ1n) is 6.84. The van der Waals surface area contributed by atoms with Crippen LogP contribution in [0.4, 0.5) is 0 Å². The first-order valence-corrected chi connectivity index (χ1v) is 6.84. The van der Waals surface area contributed by atoms with Gasteiger partial charge < -0.3 is 9.84 Å². The Bertz CT molecular complexity index is 489. The molecule has 2 rings (SSSR count). The molecule has 2 heterocycles. The molecule has 0 aromatic heterocycles. The zero-order valence-corrected chi connectivity index (χ0v) is 12.0. The van der Waals surface area contributed by atoms with Crippen LogP contribution in [0.3, 0.4) is 0 Å². The summed E-state index contributed by atoms with van der Waals surface area (Å²) in [4.78, 5) is 61.5. The Morgan fingerprint density at radius 3 is 1.68 bits per heavy atom. The van der Waals surface area contributed by atoms with Gasteiger partial charge in [0.05, 0.1) is 6.61 Å². The van der Waals surface area contributed by atoms with Crippen LogP contribution in [-0.2, 0) is 28.7 Å². The summed E-state index contributed by atoms with van der Waals surface area (Å²) < 4.78 is 4.79. The van der Waals surface area contributed by atoms with Gasteiger partial charge in [-0.25, -0.2) is 14.6 Å². The van der Waals surface area contributed by atoms with Gasteiger partial charge in [0.25, 0.3) is 0 Å². The number of esters is 1. The zero-order chi connectivity index (χ0) is 16.5. The lowest BCUT2D eigenvalue weighted by Gasteiger charge is -2.40. The number of carbonyl (C=O) groups excluding carboxylic acids is 5. The number of rotatable bonds is 5. The molecule has 0 spiro atoms. The highest BCUT2D eigenvalue weighted by Crippen LogP contribution is 2.32. The monoisotopic (exact) mass is 312 g/mol. The molecule has 120 valence electrons. The van der Waals surface area contributed by atoms with E-state index >= 15 is 0 Å². The smallest absolute Gasteiger partial charge is 0.354 e. The number of amides is 4. The van der Waals surface area contributed by atoms with Gasteiger partial charge in [0, 0.05) is 25.7 Å². The molecule has 1 N–H and O–H groups in total. The number of nitrogens with zero attached hydrogens (tertiary/aromatic N) is 2. The van der Waals surface area contributed by atoms with E-state index in [0.717, 1.165) is 6.92 Å². The van der Waals surface area contributed by atoms with Crippen molar-refractivity contribution in [1.82, 2.24) is 9.80 Å². The minimum absolute atomic E-state index is 0.0993. The Kier molecular flexibility index (Phi) is 4.27. The van der Waals surface area contributed by atoms with Crippen molar-refractivity contribution in [2.24, 2.45) is 0 Å². The molecule has 0 atom stereocenters. The molecule has 0 bridgehead atoms. The minimum Gasteiger partial charge on any atom is -0.460 e. The van der Waals surface area contributed by atoms with Crippen LogP contribution in [-0.4, -0.2) is 63.4 Å². The highest BCUT2D eigenvalue weighted by atomic mass is 16.5. The Balaban J connectivity index is 2.46. The van der Waals surface area contributed by atoms with Crippen molar-refractivity contribution < 1.29 is 33.8 Å². The highest BCUT2D eigenvalue weighted by molar-refractivity contribution is 6.11. The van der Waals surface area contributed by atoms with Crippen molar-refractivity contribution in [3.05, 3.63) is 0 Å². The van der Waals surface area contributed by atoms with E-state index in [4.69, 9.17) is 9.84 Å². The molecule has 0 radical (unpaired) electrons. The van der Waals surface area contributed by atoms with E-state index in [1.807, 2.05) is 0 Å². The molecule has 0 unspecified atom stereocenters. The second-order valence-electron chi connectivity index (χ2n) is 5.13. The molecule has 2 fully saturated rings. The molecule has 9 nitrogen and oxygen atoms in total. The average molecular weight is 312 g/mol. The standard InChI is InChI=1S/C13H16N2O7/c1-13(12(21)22-7-6-16,14-8(17)2-3-9(14)18)15-10(19)4-5-11(15)20/h16H,2-7H2,1H3. The summed E-state index contributed by atoms with van der Waals surface area (Å²) in [6.45, 7) is 0.293. The Labute approximate surface area is 125 Å². The van der Waals surface area contributed by atoms with Crippen LogP contribution in [0.15, 0.2) is 0 Å². The van der Waals surface area contributed by atoms with Crippen molar-refractivity contribution in [2.75, 3.05) is 13.2 Å². The highest BCUT2D eigenvalue weighted by Gasteiger charge is 2.58. The van der Waals surface area contributed by atoms with Crippen LogP contribution in [0, 0.1) is 0 Å². The predicted molar refractivity (Wildman–Crippen MR) is 68.6 cm³/mol. The fraction of sp³-hybridized carbons (Fsp3) is 0.615. The minimum atomic E-state index is -2.15. The van der Waals surface area contributed by atoms with Crippen LogP contribution in [0.1, 0.15) is 32.6 Å². The number of aliphatic hydroxyl groups is 1. The predicted octanol–water partition coefficient (Wildman–Crippen LogP) is -1.46. The Hall–Kier alpha value is -2.29. The van der Waals surface area contributed by atoms with Crippen LogP contribution in [0.25, 0.3) is 0 Å². The summed E-state index contributed by atoms with van der Waals surface area (Å²) in [6, 6.07) is 0. The lowest BCUT2D eigenvalue weighted by Crippen LogP contribution is -2.67. The molecule has 9 heteroatoms. The van der Waals surface area contributed by atoms with Gasteiger partial charge in [0.2, 0.25) is 29.3 Å². The van der Waals surface area contributed by atoms with Crippen LogP contribution < -0.4 is 0 Å². The van der Waals surface area contributed by atoms with E-state index in [2.05, 4.69) is 0 Å². The second-order valence-corrected chi connectivity index (χ2v) is 5.13. The summed E-state index contributed by atoms with van der Waals surface area (Å²) in [5.74, 6) is -3.71. The van der Waals surface area contributed by atoms with E-state index in [-0.39, 0.29) is 32.3 Å². The number of carbonyl (C=O) groups is 5. The molecule has 4 amide bonds. The Morgan fingerprint density at radius 2 is 1.36 bits per heavy atom. The second kappa shape index (κ2) is 5.84. The Morgan fingerprint density at radius 1 is 1.00 bits per heavy atom. The summed E-state index contributed by atoms with van der Waals surface area (Å²) in [5.41, 5.74) is -2.15. The number of hydrogen-bond donors (Lipinski definition) is 1. The molecule has 0 saturated carbocycles. The van der Waals surface area contributed by atoms with Crippen molar-refractivity contribution >= 4 is 29.6 Å². The molecule has 22 heavy (non-hydrogen) atoms. The van der Waals surface area contributed by atoms with Crippen molar-refractivity contribution in [2.45, 2.75) is 38.3 Å². The fourth-order valence-electron chi connectivity index (χ4n) is 2.68. The molecule has 2 saturated heterocycles. The van der Waals surface area contributed by atoms with Crippen molar-refractivity contribution in [3.63, 3.8) is 0 Å². The van der Waals surface area contributed by atoms with Crippen molar-refractivity contribution in [1.29, 1.82) is 0 Å². The molecular formula is C13H16N2O7. The summed E-state index contributed by atoms with van der Waals surface area (Å²) in [6.07, 6.45) is -0.397. The van der Waals surface area contributed by atoms with E-state index in [9.17, 15) is 24.0 Å². The van der Waals surface area contributed by atoms with Crippen LogP contribution in [0.5, 0.6) is 0 Å². The summed E-state index contributed by atoms with van der Waals surface area (Å²) >= 11 is 0. The maximum absolute atomic E-state index is 12.4. The van der Waals surface area contributed by atoms with Crippen molar-refractivity contribution in [3.8, 4) is 0 Å². The quantitative estimate of drug-likeness (QED) is 0.486. The number of likely N-dealkylation sites (tertiary alicyclic amines) is 2. The van der Waals surface area contributed by atoms with Gasteiger partial charge in [-0.3, -0.25) is 19.2 Å². The topological polar surface area (TPSA) is 121 Å². The molecule has 2 aliphatic rings. The van der Waals surface area contributed by atoms with Gasteiger partial charge in [0.15, 0.2) is 0 Å². The lowest BCUT2D eigenvalue weighted by atomic mass is 10.1. The number of hydrogen-bond acceptors (Lipinski definition) is 7. The van der Waals surface area contributed by atoms with E-state index in [1.165, 1.54) is 0 Å². The normalized spacial score (nSPS) is 19.4. The summed E-state index contributed by atoms with van der Waals surface area (Å²) in [5, 5.41) is 8.75. The third-order valence-electron chi connectivity index (χ3n) is 3.69. The lowest BCUT2D eigenvalue weighted by molar-refractivity contribution is -0.184. The number of imide groups is 2. The third-order valence-corrected chi connectivity index (χ3v) is 3.69. The van der Waals surface area contributed by atoms with Crippen LogP contribution in [0.2, 0.25) is 0 Å². The van der Waals surface area contributed by atoms with E-state index < -0.39 is 41.9 Å². The van der Waals surface area contributed by atoms with Gasteiger partial charge in [-0.15, -0.1) is 0 Å². The first kappa shape index (κ1) is 16.1. The maximum atomic E-state index is 12.4. The average Bonchev–Trinajstić information content (AvgIpc) is 2.98. The van der Waals surface area contributed by atoms with E-state index in [1.54, 1.807) is 0 Å². The van der Waals surface area contributed by atoms with E-state index in [0.29, 0.717) is 9.80 Å². The largest absolute Gasteiger partial charge is 0.460 e. The SMILES string of the molecule is CC(C(=O)OCCO)(N1C(=O)CCC1=O)N1C(=O)CCC1=O. The van der Waals surface area contributed by atoms with Gasteiger partial charge >= 0.3 is 5.97 Å². The molecular weight excluding hydrogens is 296 g/mol. The first-order chi connectivity index (χ1) is 10.3. The maximum Gasteiger partial charge on any atom is 0.354 e. The molecule has 0 aliphatic carbocycles. The molecule has 0 aromatic carbocycles. The molecule has 0 aromatic rings. The molecule has 2 aliphatic heterocycles.